The molecule has 1 saturated heterocycles. The fraction of sp³-hybridized carbons (Fsp3) is 0.625. The summed E-state index contributed by atoms with van der Waals surface area (Å²) in [5.74, 6) is -1.31. The van der Waals surface area contributed by atoms with Gasteiger partial charge in [-0.15, -0.1) is 0 Å². The van der Waals surface area contributed by atoms with Gasteiger partial charge in [0.2, 0.25) is 0 Å². The Kier molecular flexibility index (Phi) is 4.52. The van der Waals surface area contributed by atoms with Crippen molar-refractivity contribution in [2.45, 2.75) is 43.9 Å². The molecule has 1 N–H and O–H groups in total. The van der Waals surface area contributed by atoms with Gasteiger partial charge >= 0.3 is 0 Å². The number of aliphatic hydroxyl groups excluding tert-OH is 1. The van der Waals surface area contributed by atoms with E-state index in [1.165, 1.54) is 25.0 Å². The molecule has 21 heavy (non-hydrogen) atoms. The number of hydrogen-bond donors (Lipinski definition) is 1. The molecule has 0 bridgehead atoms. The molecule has 3 nitrogen and oxygen atoms in total. The highest BCUT2D eigenvalue weighted by Gasteiger charge is 2.35. The first-order valence-corrected chi connectivity index (χ1v) is 7.64. The number of β-amino-alcohol motifs (C(OH)–C–C–N with tert-alkyl or cyclic N) is 1. The van der Waals surface area contributed by atoms with Crippen molar-refractivity contribution in [3.63, 3.8) is 0 Å². The van der Waals surface area contributed by atoms with E-state index in [1.54, 1.807) is 0 Å². The number of aliphatic hydroxyl groups is 1. The normalized spacial score (nSPS) is 28.1. The van der Waals surface area contributed by atoms with Crippen LogP contribution >= 0.6 is 0 Å². The summed E-state index contributed by atoms with van der Waals surface area (Å²) in [6, 6.07) is 3.64. The van der Waals surface area contributed by atoms with Gasteiger partial charge in [0.05, 0.1) is 18.8 Å². The van der Waals surface area contributed by atoms with E-state index in [4.69, 9.17) is 4.74 Å². The number of halogens is 2. The van der Waals surface area contributed by atoms with Crippen LogP contribution in [0.5, 0.6) is 0 Å². The van der Waals surface area contributed by atoms with Crippen LogP contribution in [0.15, 0.2) is 18.2 Å². The highest BCUT2D eigenvalue weighted by molar-refractivity contribution is 5.21. The molecule has 1 aliphatic carbocycles. The third-order valence-electron chi connectivity index (χ3n) is 4.58. The van der Waals surface area contributed by atoms with Crippen LogP contribution in [-0.2, 0) is 4.74 Å². The molecule has 1 aromatic rings. The van der Waals surface area contributed by atoms with E-state index in [1.807, 2.05) is 0 Å². The molecule has 0 aromatic heterocycles. The molecular weight excluding hydrogens is 276 g/mol. The maximum absolute atomic E-state index is 13.7. The topological polar surface area (TPSA) is 32.7 Å². The number of benzene rings is 1. The van der Waals surface area contributed by atoms with Gasteiger partial charge in [-0.1, -0.05) is 18.9 Å². The number of hydrogen-bond acceptors (Lipinski definition) is 3. The molecule has 0 spiro atoms. The van der Waals surface area contributed by atoms with Crippen molar-refractivity contribution in [3.8, 4) is 0 Å². The van der Waals surface area contributed by atoms with Crippen molar-refractivity contribution in [1.82, 2.24) is 4.90 Å². The Bertz CT molecular complexity index is 495. The van der Waals surface area contributed by atoms with Gasteiger partial charge in [-0.3, -0.25) is 4.90 Å². The molecule has 1 heterocycles. The van der Waals surface area contributed by atoms with Crippen LogP contribution in [-0.4, -0.2) is 41.8 Å². The summed E-state index contributed by atoms with van der Waals surface area (Å²) < 4.78 is 32.5. The van der Waals surface area contributed by atoms with Gasteiger partial charge in [0, 0.05) is 30.8 Å². The molecule has 1 aromatic carbocycles. The van der Waals surface area contributed by atoms with E-state index in [-0.39, 0.29) is 11.7 Å². The van der Waals surface area contributed by atoms with Gasteiger partial charge < -0.3 is 9.84 Å². The summed E-state index contributed by atoms with van der Waals surface area (Å²) in [5.41, 5.74) is 0.162. The molecule has 0 amide bonds. The van der Waals surface area contributed by atoms with E-state index >= 15 is 0 Å². The predicted molar refractivity (Wildman–Crippen MR) is 74.9 cm³/mol. The van der Waals surface area contributed by atoms with Crippen molar-refractivity contribution < 1.29 is 18.6 Å². The third-order valence-corrected chi connectivity index (χ3v) is 4.58. The Hall–Kier alpha value is -1.04. The summed E-state index contributed by atoms with van der Waals surface area (Å²) in [6.45, 7) is 1.77. The van der Waals surface area contributed by atoms with E-state index in [9.17, 15) is 13.9 Å². The number of morpholine rings is 1. The standard InChI is InChI=1S/C16H21F2NO2/c17-11-5-6-12(13(18)9-11)15(20)10-19-7-8-21-16-4-2-1-3-14(16)19/h5-6,9,14-16,20H,1-4,7-8,10H2/t14-,15-,16+/m1/s1. The molecule has 0 unspecified atom stereocenters. The fourth-order valence-electron chi connectivity index (χ4n) is 3.50. The van der Waals surface area contributed by atoms with E-state index in [0.29, 0.717) is 19.2 Å². The molecule has 5 heteroatoms. The summed E-state index contributed by atoms with van der Waals surface area (Å²) in [6.07, 6.45) is 3.77. The van der Waals surface area contributed by atoms with Crippen LogP contribution in [0, 0.1) is 11.6 Å². The van der Waals surface area contributed by atoms with Gasteiger partial charge in [-0.25, -0.2) is 8.78 Å². The lowest BCUT2D eigenvalue weighted by atomic mass is 9.89. The Morgan fingerprint density at radius 3 is 2.90 bits per heavy atom. The Morgan fingerprint density at radius 1 is 1.29 bits per heavy atom. The van der Waals surface area contributed by atoms with Crippen LogP contribution in [0.4, 0.5) is 8.78 Å². The summed E-state index contributed by atoms with van der Waals surface area (Å²) in [5, 5.41) is 10.3. The average molecular weight is 297 g/mol. The first kappa shape index (κ1) is 14.9. The monoisotopic (exact) mass is 297 g/mol. The van der Waals surface area contributed by atoms with Crippen LogP contribution in [0.2, 0.25) is 0 Å². The molecule has 3 atom stereocenters. The minimum Gasteiger partial charge on any atom is -0.387 e. The molecule has 116 valence electrons. The number of ether oxygens (including phenoxy) is 1. The van der Waals surface area contributed by atoms with E-state index in [2.05, 4.69) is 4.90 Å². The first-order valence-electron chi connectivity index (χ1n) is 7.64. The van der Waals surface area contributed by atoms with Gasteiger partial charge in [0.25, 0.3) is 0 Å². The lowest BCUT2D eigenvalue weighted by Crippen LogP contribution is -2.53. The van der Waals surface area contributed by atoms with Crippen molar-refractivity contribution >= 4 is 0 Å². The zero-order valence-corrected chi connectivity index (χ0v) is 12.0. The van der Waals surface area contributed by atoms with Crippen molar-refractivity contribution in [2.24, 2.45) is 0 Å². The Labute approximate surface area is 123 Å². The zero-order chi connectivity index (χ0) is 14.8. The minimum atomic E-state index is -0.939. The van der Waals surface area contributed by atoms with E-state index < -0.39 is 17.7 Å². The van der Waals surface area contributed by atoms with Gasteiger partial charge in [-0.2, -0.15) is 0 Å². The first-order chi connectivity index (χ1) is 10.1. The second kappa shape index (κ2) is 6.38. The van der Waals surface area contributed by atoms with Crippen LogP contribution in [0.1, 0.15) is 37.4 Å². The molecule has 2 fully saturated rings. The Morgan fingerprint density at radius 2 is 2.10 bits per heavy atom. The molecule has 2 aliphatic rings. The third kappa shape index (κ3) is 3.25. The smallest absolute Gasteiger partial charge is 0.131 e. The molecule has 3 rings (SSSR count). The molecular formula is C16H21F2NO2. The SMILES string of the molecule is O[C@H](CN1CCO[C@H]2CCCC[C@H]21)c1ccc(F)cc1F. The van der Waals surface area contributed by atoms with E-state index in [0.717, 1.165) is 25.5 Å². The molecule has 1 aliphatic heterocycles. The largest absolute Gasteiger partial charge is 0.387 e. The number of nitrogens with zero attached hydrogens (tertiary/aromatic N) is 1. The zero-order valence-electron chi connectivity index (χ0n) is 12.0. The number of rotatable bonds is 3. The van der Waals surface area contributed by atoms with Crippen LogP contribution < -0.4 is 0 Å². The summed E-state index contributed by atoms with van der Waals surface area (Å²) >= 11 is 0. The van der Waals surface area contributed by atoms with Crippen LogP contribution in [0.25, 0.3) is 0 Å². The molecule has 0 radical (unpaired) electrons. The minimum absolute atomic E-state index is 0.162. The lowest BCUT2D eigenvalue weighted by Gasteiger charge is -2.44. The van der Waals surface area contributed by atoms with Gasteiger partial charge in [-0.05, 0) is 18.9 Å². The van der Waals surface area contributed by atoms with Gasteiger partial charge in [0.1, 0.15) is 11.6 Å². The quantitative estimate of drug-likeness (QED) is 0.931. The van der Waals surface area contributed by atoms with Crippen LogP contribution in [0.3, 0.4) is 0 Å². The van der Waals surface area contributed by atoms with Crippen molar-refractivity contribution in [2.75, 3.05) is 19.7 Å². The number of fused-ring (bicyclic) bond motifs is 1. The maximum Gasteiger partial charge on any atom is 0.131 e. The van der Waals surface area contributed by atoms with Crippen molar-refractivity contribution in [1.29, 1.82) is 0 Å². The highest BCUT2D eigenvalue weighted by Crippen LogP contribution is 2.30. The fourth-order valence-corrected chi connectivity index (χ4v) is 3.50. The summed E-state index contributed by atoms with van der Waals surface area (Å²) in [4.78, 5) is 2.20. The highest BCUT2D eigenvalue weighted by atomic mass is 19.1. The lowest BCUT2D eigenvalue weighted by molar-refractivity contribution is -0.0976. The molecule has 1 saturated carbocycles. The average Bonchev–Trinajstić information content (AvgIpc) is 2.47. The second-order valence-electron chi connectivity index (χ2n) is 5.94. The van der Waals surface area contributed by atoms with Crippen molar-refractivity contribution in [3.05, 3.63) is 35.4 Å². The second-order valence-corrected chi connectivity index (χ2v) is 5.94. The predicted octanol–water partition coefficient (Wildman–Crippen LogP) is 2.64. The maximum atomic E-state index is 13.7. The van der Waals surface area contributed by atoms with Gasteiger partial charge in [0.15, 0.2) is 0 Å². The Balaban J connectivity index is 1.69. The summed E-state index contributed by atoms with van der Waals surface area (Å²) in [7, 11) is 0.